The maximum Gasteiger partial charge on any atom is 0.269 e. The second kappa shape index (κ2) is 3.43. The standard InChI is InChI=1S/C9H12N2O2/c1-6(2)8-5-7(11(12)13)3-4-9(8)10/h3-6H,10H2,1-2H3. The monoisotopic (exact) mass is 180 g/mol. The predicted octanol–water partition coefficient (Wildman–Crippen LogP) is 2.30. The maximum atomic E-state index is 10.5. The molecule has 0 bridgehead atoms. The first-order valence-electron chi connectivity index (χ1n) is 4.06. The van der Waals surface area contributed by atoms with Gasteiger partial charge < -0.3 is 5.73 Å². The van der Waals surface area contributed by atoms with Crippen LogP contribution in [0.25, 0.3) is 0 Å². The fourth-order valence-electron chi connectivity index (χ4n) is 1.18. The predicted molar refractivity (Wildman–Crippen MR) is 51.6 cm³/mol. The molecule has 1 rings (SSSR count). The smallest absolute Gasteiger partial charge is 0.269 e. The van der Waals surface area contributed by atoms with Crippen molar-refractivity contribution >= 4 is 11.4 Å². The normalized spacial score (nSPS) is 10.4. The number of nitrogen functional groups attached to an aromatic ring is 1. The molecule has 0 aliphatic heterocycles. The van der Waals surface area contributed by atoms with Crippen molar-refractivity contribution in [2.24, 2.45) is 0 Å². The van der Waals surface area contributed by atoms with Crippen LogP contribution in [0.15, 0.2) is 18.2 Å². The summed E-state index contributed by atoms with van der Waals surface area (Å²) in [5, 5.41) is 10.5. The second-order valence-electron chi connectivity index (χ2n) is 3.23. The number of hydrogen-bond donors (Lipinski definition) is 1. The Morgan fingerprint density at radius 2 is 2.08 bits per heavy atom. The van der Waals surface area contributed by atoms with Gasteiger partial charge in [-0.1, -0.05) is 13.8 Å². The molecule has 0 saturated heterocycles. The molecule has 0 aliphatic rings. The van der Waals surface area contributed by atoms with E-state index in [0.717, 1.165) is 5.56 Å². The number of anilines is 1. The number of benzene rings is 1. The van der Waals surface area contributed by atoms with Crippen LogP contribution in [-0.2, 0) is 0 Å². The van der Waals surface area contributed by atoms with Gasteiger partial charge in [-0.15, -0.1) is 0 Å². The molecule has 1 aromatic carbocycles. The van der Waals surface area contributed by atoms with Crippen LogP contribution in [0.3, 0.4) is 0 Å². The van der Waals surface area contributed by atoms with Gasteiger partial charge in [0, 0.05) is 17.8 Å². The topological polar surface area (TPSA) is 69.2 Å². The van der Waals surface area contributed by atoms with Gasteiger partial charge in [-0.2, -0.15) is 0 Å². The van der Waals surface area contributed by atoms with Gasteiger partial charge in [0.05, 0.1) is 4.92 Å². The van der Waals surface area contributed by atoms with Crippen LogP contribution in [-0.4, -0.2) is 4.92 Å². The van der Waals surface area contributed by atoms with Gasteiger partial charge in [-0.25, -0.2) is 0 Å². The van der Waals surface area contributed by atoms with E-state index in [0.29, 0.717) is 5.69 Å². The van der Waals surface area contributed by atoms with Crippen LogP contribution in [0, 0.1) is 10.1 Å². The molecule has 0 saturated carbocycles. The highest BCUT2D eigenvalue weighted by molar-refractivity contribution is 5.53. The molecule has 0 aromatic heterocycles. The Hall–Kier alpha value is -1.58. The number of nitro groups is 1. The third-order valence-corrected chi connectivity index (χ3v) is 1.90. The van der Waals surface area contributed by atoms with Crippen LogP contribution < -0.4 is 5.73 Å². The third kappa shape index (κ3) is 1.96. The molecule has 0 amide bonds. The summed E-state index contributed by atoms with van der Waals surface area (Å²) in [6, 6.07) is 4.52. The molecule has 0 atom stereocenters. The first-order chi connectivity index (χ1) is 6.02. The SMILES string of the molecule is CC(C)c1cc([N+](=O)[O-])ccc1N. The van der Waals surface area contributed by atoms with E-state index in [1.165, 1.54) is 12.1 Å². The summed E-state index contributed by atoms with van der Waals surface area (Å²) in [6.45, 7) is 3.91. The zero-order chi connectivity index (χ0) is 10.0. The van der Waals surface area contributed by atoms with Gasteiger partial charge in [0.2, 0.25) is 0 Å². The number of nitrogens with zero attached hydrogens (tertiary/aromatic N) is 1. The Kier molecular flexibility index (Phi) is 2.51. The van der Waals surface area contributed by atoms with Crippen molar-refractivity contribution in [3.8, 4) is 0 Å². The van der Waals surface area contributed by atoms with E-state index in [1.54, 1.807) is 6.07 Å². The quantitative estimate of drug-likeness (QED) is 0.431. The molecule has 2 N–H and O–H groups in total. The number of hydrogen-bond acceptors (Lipinski definition) is 3. The molecule has 4 heteroatoms. The van der Waals surface area contributed by atoms with Crippen molar-refractivity contribution in [2.45, 2.75) is 19.8 Å². The Labute approximate surface area is 76.5 Å². The lowest BCUT2D eigenvalue weighted by Crippen LogP contribution is -1.98. The Morgan fingerprint density at radius 1 is 1.46 bits per heavy atom. The molecule has 0 heterocycles. The summed E-state index contributed by atoms with van der Waals surface area (Å²) in [5.41, 5.74) is 7.20. The van der Waals surface area contributed by atoms with Crippen LogP contribution in [0.4, 0.5) is 11.4 Å². The van der Waals surface area contributed by atoms with E-state index in [4.69, 9.17) is 5.73 Å². The van der Waals surface area contributed by atoms with Crippen molar-refractivity contribution in [3.05, 3.63) is 33.9 Å². The molecular weight excluding hydrogens is 168 g/mol. The molecule has 0 fully saturated rings. The lowest BCUT2D eigenvalue weighted by atomic mass is 10.0. The minimum Gasteiger partial charge on any atom is -0.398 e. The van der Waals surface area contributed by atoms with Gasteiger partial charge in [0.25, 0.3) is 5.69 Å². The van der Waals surface area contributed by atoms with Gasteiger partial charge in [-0.3, -0.25) is 10.1 Å². The Balaban J connectivity index is 3.19. The van der Waals surface area contributed by atoms with Crippen LogP contribution >= 0.6 is 0 Å². The van der Waals surface area contributed by atoms with E-state index < -0.39 is 4.92 Å². The third-order valence-electron chi connectivity index (χ3n) is 1.90. The van der Waals surface area contributed by atoms with Gasteiger partial charge in [0.1, 0.15) is 0 Å². The second-order valence-corrected chi connectivity index (χ2v) is 3.23. The molecular formula is C9H12N2O2. The average Bonchev–Trinajstić information content (AvgIpc) is 2.04. The highest BCUT2D eigenvalue weighted by Crippen LogP contribution is 2.25. The molecule has 0 unspecified atom stereocenters. The summed E-state index contributed by atoms with van der Waals surface area (Å²) < 4.78 is 0. The van der Waals surface area contributed by atoms with Crippen LogP contribution in [0.1, 0.15) is 25.3 Å². The summed E-state index contributed by atoms with van der Waals surface area (Å²) in [7, 11) is 0. The molecule has 70 valence electrons. The maximum absolute atomic E-state index is 10.5. The van der Waals surface area contributed by atoms with E-state index in [2.05, 4.69) is 0 Å². The highest BCUT2D eigenvalue weighted by atomic mass is 16.6. The molecule has 0 spiro atoms. The fraction of sp³-hybridized carbons (Fsp3) is 0.333. The molecule has 4 nitrogen and oxygen atoms in total. The summed E-state index contributed by atoms with van der Waals surface area (Å²) >= 11 is 0. The lowest BCUT2D eigenvalue weighted by molar-refractivity contribution is -0.384. The van der Waals surface area contributed by atoms with Crippen molar-refractivity contribution in [1.29, 1.82) is 0 Å². The molecule has 0 radical (unpaired) electrons. The lowest BCUT2D eigenvalue weighted by Gasteiger charge is -2.07. The number of non-ortho nitro benzene ring substituents is 1. The molecule has 1 aromatic rings. The molecule has 13 heavy (non-hydrogen) atoms. The van der Waals surface area contributed by atoms with Crippen LogP contribution in [0.2, 0.25) is 0 Å². The van der Waals surface area contributed by atoms with E-state index in [9.17, 15) is 10.1 Å². The number of rotatable bonds is 2. The summed E-state index contributed by atoms with van der Waals surface area (Å²) in [5.74, 6) is 0.208. The van der Waals surface area contributed by atoms with Gasteiger partial charge in [0.15, 0.2) is 0 Å². The Morgan fingerprint density at radius 3 is 2.54 bits per heavy atom. The van der Waals surface area contributed by atoms with Gasteiger partial charge >= 0.3 is 0 Å². The number of nitro benzene ring substituents is 1. The zero-order valence-corrected chi connectivity index (χ0v) is 7.65. The highest BCUT2D eigenvalue weighted by Gasteiger charge is 2.10. The van der Waals surface area contributed by atoms with Crippen molar-refractivity contribution in [3.63, 3.8) is 0 Å². The zero-order valence-electron chi connectivity index (χ0n) is 7.65. The fourth-order valence-corrected chi connectivity index (χ4v) is 1.18. The summed E-state index contributed by atoms with van der Waals surface area (Å²) in [4.78, 5) is 10.0. The van der Waals surface area contributed by atoms with Crippen LogP contribution in [0.5, 0.6) is 0 Å². The molecule has 0 aliphatic carbocycles. The first kappa shape index (κ1) is 9.51. The first-order valence-corrected chi connectivity index (χ1v) is 4.06. The number of nitrogens with two attached hydrogens (primary N) is 1. The van der Waals surface area contributed by atoms with E-state index >= 15 is 0 Å². The van der Waals surface area contributed by atoms with E-state index in [-0.39, 0.29) is 11.6 Å². The minimum atomic E-state index is -0.411. The van der Waals surface area contributed by atoms with Crippen molar-refractivity contribution < 1.29 is 4.92 Å². The largest absolute Gasteiger partial charge is 0.398 e. The Bertz CT molecular complexity index is 334. The minimum absolute atomic E-state index is 0.0953. The van der Waals surface area contributed by atoms with E-state index in [1.807, 2.05) is 13.8 Å². The summed E-state index contributed by atoms with van der Waals surface area (Å²) in [6.07, 6.45) is 0. The average molecular weight is 180 g/mol. The van der Waals surface area contributed by atoms with Crippen molar-refractivity contribution in [2.75, 3.05) is 5.73 Å². The van der Waals surface area contributed by atoms with Gasteiger partial charge in [-0.05, 0) is 17.5 Å². The van der Waals surface area contributed by atoms with Crippen molar-refractivity contribution in [1.82, 2.24) is 0 Å².